The van der Waals surface area contributed by atoms with Crippen LogP contribution in [0.1, 0.15) is 11.1 Å². The van der Waals surface area contributed by atoms with Crippen molar-refractivity contribution in [3.63, 3.8) is 0 Å². The summed E-state index contributed by atoms with van der Waals surface area (Å²) >= 11 is 6.30. The summed E-state index contributed by atoms with van der Waals surface area (Å²) in [5, 5.41) is 1.04. The van der Waals surface area contributed by atoms with Crippen LogP contribution in [-0.2, 0) is 20.8 Å². The lowest BCUT2D eigenvalue weighted by molar-refractivity contribution is -0.132. The molecule has 140 valence electrons. The zero-order chi connectivity index (χ0) is 19.8. The summed E-state index contributed by atoms with van der Waals surface area (Å²) in [6.45, 7) is 0. The minimum atomic E-state index is -0.495. The molecule has 8 heteroatoms. The van der Waals surface area contributed by atoms with Crippen molar-refractivity contribution in [3.05, 3.63) is 70.6 Å². The van der Waals surface area contributed by atoms with Crippen LogP contribution in [0.5, 0.6) is 0 Å². The Labute approximate surface area is 171 Å². The van der Waals surface area contributed by atoms with E-state index in [1.807, 2.05) is 48.5 Å². The summed E-state index contributed by atoms with van der Waals surface area (Å²) in [6, 6.07) is 16.5. The fraction of sp³-hybridized carbons (Fsp3) is 0.100. The topological polar surface area (TPSA) is 69.7 Å². The van der Waals surface area contributed by atoms with Crippen molar-refractivity contribution in [1.29, 1.82) is 0 Å². The van der Waals surface area contributed by atoms with Crippen molar-refractivity contribution < 1.29 is 14.4 Å². The summed E-state index contributed by atoms with van der Waals surface area (Å²) in [7, 11) is 1.66. The van der Waals surface area contributed by atoms with Crippen LogP contribution in [0.25, 0.3) is 5.57 Å². The van der Waals surface area contributed by atoms with E-state index < -0.39 is 5.91 Å². The van der Waals surface area contributed by atoms with Gasteiger partial charge in [-0.15, -0.1) is 0 Å². The van der Waals surface area contributed by atoms with E-state index in [-0.39, 0.29) is 27.5 Å². The van der Waals surface area contributed by atoms with Gasteiger partial charge in [0.05, 0.1) is 22.6 Å². The van der Waals surface area contributed by atoms with E-state index in [1.54, 1.807) is 13.1 Å². The third-order valence-electron chi connectivity index (χ3n) is 4.49. The van der Waals surface area contributed by atoms with Gasteiger partial charge in [0.15, 0.2) is 4.32 Å². The molecule has 1 fully saturated rings. The summed E-state index contributed by atoms with van der Waals surface area (Å²) < 4.78 is 0.189. The molecular weight excluding hydrogens is 394 g/mol. The number of para-hydroxylation sites is 1. The SMILES string of the molecule is CN1C(=O)/C(=C2/SC(=S)N(NC(=O)Cc3ccccc3)C2=O)c2ccccc21. The Bertz CT molecular complexity index is 1050. The first-order chi connectivity index (χ1) is 13.5. The maximum absolute atomic E-state index is 12.9. The van der Waals surface area contributed by atoms with Gasteiger partial charge in [-0.1, -0.05) is 60.3 Å². The van der Waals surface area contributed by atoms with Gasteiger partial charge in [-0.2, -0.15) is 5.01 Å². The average Bonchev–Trinajstić information content (AvgIpc) is 3.10. The number of amides is 3. The molecule has 0 spiro atoms. The molecule has 2 aliphatic heterocycles. The van der Waals surface area contributed by atoms with Crippen LogP contribution in [0.15, 0.2) is 59.5 Å². The van der Waals surface area contributed by atoms with E-state index in [4.69, 9.17) is 12.2 Å². The number of nitrogens with zero attached hydrogens (tertiary/aromatic N) is 2. The van der Waals surface area contributed by atoms with Crippen molar-refractivity contribution in [2.45, 2.75) is 6.42 Å². The summed E-state index contributed by atoms with van der Waals surface area (Å²) in [5.74, 6) is -1.12. The zero-order valence-electron chi connectivity index (χ0n) is 14.8. The second kappa shape index (κ2) is 7.21. The van der Waals surface area contributed by atoms with Gasteiger partial charge in [0, 0.05) is 12.6 Å². The number of carbonyl (C=O) groups excluding carboxylic acids is 3. The van der Waals surface area contributed by atoms with Crippen LogP contribution in [0.3, 0.4) is 0 Å². The highest BCUT2D eigenvalue weighted by molar-refractivity contribution is 8.26. The quantitative estimate of drug-likeness (QED) is 0.623. The molecule has 2 aromatic carbocycles. The molecule has 0 saturated carbocycles. The van der Waals surface area contributed by atoms with E-state index in [0.29, 0.717) is 11.1 Å². The van der Waals surface area contributed by atoms with Crippen molar-refractivity contribution in [3.8, 4) is 0 Å². The number of likely N-dealkylation sites (N-methyl/N-ethyl adjacent to an activating group) is 1. The fourth-order valence-electron chi connectivity index (χ4n) is 3.15. The zero-order valence-corrected chi connectivity index (χ0v) is 16.5. The maximum Gasteiger partial charge on any atom is 0.286 e. The predicted molar refractivity (Wildman–Crippen MR) is 112 cm³/mol. The number of carbonyl (C=O) groups is 3. The van der Waals surface area contributed by atoms with Gasteiger partial charge in [-0.25, -0.2) is 0 Å². The number of rotatable bonds is 3. The lowest BCUT2D eigenvalue weighted by Crippen LogP contribution is -2.45. The largest absolute Gasteiger partial charge is 0.311 e. The smallest absolute Gasteiger partial charge is 0.286 e. The Morgan fingerprint density at radius 2 is 1.71 bits per heavy atom. The first-order valence-electron chi connectivity index (χ1n) is 8.49. The molecule has 0 bridgehead atoms. The first kappa shape index (κ1) is 18.4. The summed E-state index contributed by atoms with van der Waals surface area (Å²) in [4.78, 5) is 39.7. The van der Waals surface area contributed by atoms with E-state index in [9.17, 15) is 14.4 Å². The maximum atomic E-state index is 12.9. The molecule has 0 aliphatic carbocycles. The van der Waals surface area contributed by atoms with Gasteiger partial charge < -0.3 is 4.90 Å². The monoisotopic (exact) mass is 409 g/mol. The first-order valence-corrected chi connectivity index (χ1v) is 9.71. The Morgan fingerprint density at radius 3 is 2.46 bits per heavy atom. The number of anilines is 1. The molecule has 2 aliphatic rings. The molecular formula is C20H15N3O3S2. The molecule has 0 unspecified atom stereocenters. The highest BCUT2D eigenvalue weighted by Gasteiger charge is 2.41. The number of thioether (sulfide) groups is 1. The van der Waals surface area contributed by atoms with Crippen LogP contribution in [0.2, 0.25) is 0 Å². The van der Waals surface area contributed by atoms with Gasteiger partial charge in [0.25, 0.3) is 11.8 Å². The van der Waals surface area contributed by atoms with Crippen molar-refractivity contribution in [1.82, 2.24) is 10.4 Å². The summed E-state index contributed by atoms with van der Waals surface area (Å²) in [5.41, 5.74) is 5.12. The number of hydrogen-bond acceptors (Lipinski definition) is 5. The molecule has 2 heterocycles. The number of nitrogens with one attached hydrogen (secondary N) is 1. The van der Waals surface area contributed by atoms with Crippen molar-refractivity contribution in [2.75, 3.05) is 11.9 Å². The Kier molecular flexibility index (Phi) is 4.74. The second-order valence-corrected chi connectivity index (χ2v) is 7.94. The second-order valence-electron chi connectivity index (χ2n) is 6.29. The number of hydrazine groups is 1. The number of fused-ring (bicyclic) bond motifs is 1. The van der Waals surface area contributed by atoms with Crippen LogP contribution < -0.4 is 10.3 Å². The van der Waals surface area contributed by atoms with Gasteiger partial charge in [-0.05, 0) is 23.8 Å². The highest BCUT2D eigenvalue weighted by Crippen LogP contribution is 2.43. The van der Waals surface area contributed by atoms with Crippen LogP contribution >= 0.6 is 24.0 Å². The lowest BCUT2D eigenvalue weighted by atomic mass is 10.1. The van der Waals surface area contributed by atoms with Crippen LogP contribution in [-0.4, -0.2) is 34.1 Å². The predicted octanol–water partition coefficient (Wildman–Crippen LogP) is 2.51. The Balaban J connectivity index is 1.60. The molecule has 0 aromatic heterocycles. The molecule has 0 radical (unpaired) electrons. The Hall–Kier alpha value is -2.97. The lowest BCUT2D eigenvalue weighted by Gasteiger charge is -2.15. The van der Waals surface area contributed by atoms with E-state index >= 15 is 0 Å². The number of thiocarbonyl (C=S) groups is 1. The Morgan fingerprint density at radius 1 is 1.04 bits per heavy atom. The molecule has 0 atom stereocenters. The molecule has 1 saturated heterocycles. The van der Waals surface area contributed by atoms with Crippen LogP contribution in [0, 0.1) is 0 Å². The van der Waals surface area contributed by atoms with Gasteiger partial charge in [0.1, 0.15) is 0 Å². The molecule has 1 N–H and O–H groups in total. The number of benzene rings is 2. The molecule has 28 heavy (non-hydrogen) atoms. The third-order valence-corrected chi connectivity index (χ3v) is 5.87. The molecule has 4 rings (SSSR count). The third kappa shape index (κ3) is 3.10. The minimum Gasteiger partial charge on any atom is -0.311 e. The molecule has 3 amide bonds. The van der Waals surface area contributed by atoms with Crippen molar-refractivity contribution >= 4 is 57.3 Å². The number of hydrogen-bond donors (Lipinski definition) is 1. The summed E-state index contributed by atoms with van der Waals surface area (Å²) in [6.07, 6.45) is 0.119. The average molecular weight is 409 g/mol. The fourth-order valence-corrected chi connectivity index (χ4v) is 4.40. The van der Waals surface area contributed by atoms with Gasteiger partial charge in [-0.3, -0.25) is 19.8 Å². The van der Waals surface area contributed by atoms with Crippen molar-refractivity contribution in [2.24, 2.45) is 0 Å². The highest BCUT2D eigenvalue weighted by atomic mass is 32.2. The standard InChI is InChI=1S/C20H15N3O3S2/c1-22-14-10-6-5-9-13(14)16(18(22)25)17-19(26)23(20(27)28-17)21-15(24)11-12-7-3-2-4-8-12/h2-10H,11H2,1H3,(H,21,24)/b17-16+. The van der Waals surface area contributed by atoms with E-state index in [2.05, 4.69) is 5.43 Å². The van der Waals surface area contributed by atoms with Gasteiger partial charge in [0.2, 0.25) is 5.91 Å². The molecule has 6 nitrogen and oxygen atoms in total. The van der Waals surface area contributed by atoms with E-state index in [0.717, 1.165) is 28.0 Å². The van der Waals surface area contributed by atoms with E-state index in [1.165, 1.54) is 4.90 Å². The normalized spacial score (nSPS) is 18.7. The minimum absolute atomic E-state index is 0.119. The van der Waals surface area contributed by atoms with Gasteiger partial charge >= 0.3 is 0 Å². The molecule has 2 aromatic rings. The van der Waals surface area contributed by atoms with Crippen LogP contribution in [0.4, 0.5) is 5.69 Å².